The molecule has 0 aromatic heterocycles. The predicted octanol–water partition coefficient (Wildman–Crippen LogP) is 5.05. The van der Waals surface area contributed by atoms with Crippen LogP contribution in [0.3, 0.4) is 0 Å². The summed E-state index contributed by atoms with van der Waals surface area (Å²) in [5, 5.41) is 1.67. The van der Waals surface area contributed by atoms with Crippen LogP contribution >= 0.6 is 11.6 Å². The third-order valence-corrected chi connectivity index (χ3v) is 6.57. The lowest BCUT2D eigenvalue weighted by atomic mass is 9.61. The number of hydrogen-bond donors (Lipinski definition) is 0. The van der Waals surface area contributed by atoms with Crippen LogP contribution in [0.25, 0.3) is 0 Å². The van der Waals surface area contributed by atoms with Crippen LogP contribution in [0.2, 0.25) is 5.02 Å². The molecule has 2 rings (SSSR count). The molecule has 1 unspecified atom stereocenters. The summed E-state index contributed by atoms with van der Waals surface area (Å²) in [4.78, 5) is 0. The van der Waals surface area contributed by atoms with Crippen molar-refractivity contribution in [2.75, 3.05) is 12.5 Å². The molecule has 0 amide bonds. The molecule has 19 heavy (non-hydrogen) atoms. The molecule has 0 bridgehead atoms. The van der Waals surface area contributed by atoms with Crippen LogP contribution in [-0.4, -0.2) is 17.8 Å². The summed E-state index contributed by atoms with van der Waals surface area (Å²) >= 11 is 6.05. The summed E-state index contributed by atoms with van der Waals surface area (Å²) in [5.74, 6) is 0.782. The lowest BCUT2D eigenvalue weighted by Crippen LogP contribution is -2.49. The summed E-state index contributed by atoms with van der Waals surface area (Å²) in [6.45, 7) is 4.71. The molecule has 0 saturated heterocycles. The Morgan fingerprint density at radius 1 is 1.16 bits per heavy atom. The van der Waals surface area contributed by atoms with Gasteiger partial charge in [0.15, 0.2) is 0 Å². The van der Waals surface area contributed by atoms with Gasteiger partial charge < -0.3 is 0 Å². The predicted molar refractivity (Wildman–Crippen MR) is 89.4 cm³/mol. The van der Waals surface area contributed by atoms with Crippen molar-refractivity contribution in [2.24, 2.45) is 5.92 Å². The molecule has 1 aliphatic carbocycles. The quantitative estimate of drug-likeness (QED) is 0.667. The Bertz CT molecular complexity index is 404. The maximum atomic E-state index is 6.05. The van der Waals surface area contributed by atoms with Crippen LogP contribution in [-0.2, 0) is 16.3 Å². The van der Waals surface area contributed by atoms with E-state index in [1.807, 2.05) is 0 Å². The molecule has 1 aromatic carbocycles. The average molecular weight is 298 g/mol. The minimum atomic E-state index is 0.432. The van der Waals surface area contributed by atoms with Gasteiger partial charge in [0, 0.05) is 10.4 Å². The van der Waals surface area contributed by atoms with E-state index in [4.69, 9.17) is 11.6 Å². The molecule has 1 fully saturated rings. The SMILES string of the molecule is CC(C)CC([S+](C)C)C1(c2ccc(Cl)cc2)CCC1. The lowest BCUT2D eigenvalue weighted by Gasteiger charge is -2.46. The standard InChI is InChI=1S/C17H26ClS/c1-13(2)12-16(19(3)4)17(10-5-11-17)14-6-8-15(18)9-7-14/h6-9,13,16H,5,10-12H2,1-4H3/q+1. The van der Waals surface area contributed by atoms with Gasteiger partial charge >= 0.3 is 0 Å². The Morgan fingerprint density at radius 2 is 1.74 bits per heavy atom. The summed E-state index contributed by atoms with van der Waals surface area (Å²) in [6, 6.07) is 8.66. The molecule has 1 saturated carbocycles. The van der Waals surface area contributed by atoms with E-state index in [-0.39, 0.29) is 0 Å². The largest absolute Gasteiger partial charge is 0.127 e. The number of benzene rings is 1. The van der Waals surface area contributed by atoms with Crippen LogP contribution in [0, 0.1) is 5.92 Å². The molecule has 2 heteroatoms. The van der Waals surface area contributed by atoms with Gasteiger partial charge in [0.1, 0.15) is 5.25 Å². The highest BCUT2D eigenvalue weighted by Gasteiger charge is 2.51. The van der Waals surface area contributed by atoms with Crippen LogP contribution < -0.4 is 0 Å². The molecule has 1 aromatic rings. The van der Waals surface area contributed by atoms with Crippen molar-refractivity contribution < 1.29 is 0 Å². The zero-order chi connectivity index (χ0) is 14.0. The molecule has 0 nitrogen and oxygen atoms in total. The molecule has 0 N–H and O–H groups in total. The zero-order valence-corrected chi connectivity index (χ0v) is 14.2. The highest BCUT2D eigenvalue weighted by Crippen LogP contribution is 2.50. The number of halogens is 1. The van der Waals surface area contributed by atoms with Crippen molar-refractivity contribution >= 4 is 22.5 Å². The van der Waals surface area contributed by atoms with Gasteiger partial charge in [-0.15, -0.1) is 0 Å². The maximum Gasteiger partial charge on any atom is 0.127 e. The Balaban J connectivity index is 2.31. The van der Waals surface area contributed by atoms with Gasteiger partial charge in [-0.05, 0) is 53.8 Å². The third kappa shape index (κ3) is 3.13. The highest BCUT2D eigenvalue weighted by molar-refractivity contribution is 7.96. The van der Waals surface area contributed by atoms with Gasteiger partial charge in [-0.25, -0.2) is 0 Å². The fourth-order valence-electron chi connectivity index (χ4n) is 3.43. The zero-order valence-electron chi connectivity index (χ0n) is 12.6. The molecule has 0 aliphatic heterocycles. The minimum Gasteiger partial charge on any atom is -0.0843 e. The second-order valence-electron chi connectivity index (χ2n) is 6.51. The van der Waals surface area contributed by atoms with E-state index < -0.39 is 0 Å². The van der Waals surface area contributed by atoms with Crippen molar-refractivity contribution in [3.05, 3.63) is 34.9 Å². The topological polar surface area (TPSA) is 0 Å². The maximum absolute atomic E-state index is 6.05. The molecule has 0 spiro atoms. The Labute approximate surface area is 126 Å². The number of rotatable bonds is 5. The first-order valence-electron chi connectivity index (χ1n) is 7.28. The summed E-state index contributed by atoms with van der Waals surface area (Å²) in [6.07, 6.45) is 10.3. The molecule has 0 radical (unpaired) electrons. The first kappa shape index (κ1) is 15.3. The number of hydrogen-bond acceptors (Lipinski definition) is 0. The van der Waals surface area contributed by atoms with E-state index in [0.29, 0.717) is 16.3 Å². The highest BCUT2D eigenvalue weighted by atomic mass is 35.5. The second kappa shape index (κ2) is 6.10. The Morgan fingerprint density at radius 3 is 2.11 bits per heavy atom. The molecular formula is C17H26ClS+. The van der Waals surface area contributed by atoms with E-state index in [9.17, 15) is 0 Å². The first-order chi connectivity index (χ1) is 8.95. The summed E-state index contributed by atoms with van der Waals surface area (Å²) < 4.78 is 0. The fraction of sp³-hybridized carbons (Fsp3) is 0.647. The fourth-order valence-corrected chi connectivity index (χ4v) is 5.60. The van der Waals surface area contributed by atoms with E-state index >= 15 is 0 Å². The van der Waals surface area contributed by atoms with E-state index in [1.165, 1.54) is 31.2 Å². The van der Waals surface area contributed by atoms with Crippen molar-refractivity contribution in [3.63, 3.8) is 0 Å². The monoisotopic (exact) mass is 297 g/mol. The molecular weight excluding hydrogens is 272 g/mol. The van der Waals surface area contributed by atoms with Crippen molar-refractivity contribution in [3.8, 4) is 0 Å². The van der Waals surface area contributed by atoms with E-state index in [2.05, 4.69) is 50.6 Å². The van der Waals surface area contributed by atoms with Crippen molar-refractivity contribution in [1.29, 1.82) is 0 Å². The first-order valence-corrected chi connectivity index (χ1v) is 9.76. The van der Waals surface area contributed by atoms with Gasteiger partial charge in [0.2, 0.25) is 0 Å². The molecule has 0 heterocycles. The van der Waals surface area contributed by atoms with Gasteiger partial charge in [0.05, 0.1) is 12.5 Å². The second-order valence-corrected chi connectivity index (χ2v) is 9.28. The van der Waals surface area contributed by atoms with Crippen LogP contribution in [0.5, 0.6) is 0 Å². The molecule has 1 aliphatic rings. The summed E-state index contributed by atoms with van der Waals surface area (Å²) in [5.41, 5.74) is 1.96. The van der Waals surface area contributed by atoms with Crippen LogP contribution in [0.15, 0.2) is 24.3 Å². The third-order valence-electron chi connectivity index (χ3n) is 4.54. The summed E-state index contributed by atoms with van der Waals surface area (Å²) in [7, 11) is 0.469. The smallest absolute Gasteiger partial charge is 0.0843 e. The van der Waals surface area contributed by atoms with Gasteiger partial charge in [-0.1, -0.05) is 44.0 Å². The Hall–Kier alpha value is -0.140. The van der Waals surface area contributed by atoms with Crippen molar-refractivity contribution in [2.45, 2.75) is 50.2 Å². The van der Waals surface area contributed by atoms with Gasteiger partial charge in [-0.3, -0.25) is 0 Å². The van der Waals surface area contributed by atoms with E-state index in [1.54, 1.807) is 0 Å². The molecule has 106 valence electrons. The van der Waals surface area contributed by atoms with Gasteiger partial charge in [-0.2, -0.15) is 0 Å². The van der Waals surface area contributed by atoms with E-state index in [0.717, 1.165) is 16.2 Å². The Kier molecular flexibility index (Phi) is 4.89. The van der Waals surface area contributed by atoms with Crippen LogP contribution in [0.1, 0.15) is 45.1 Å². The normalized spacial score (nSPS) is 19.5. The van der Waals surface area contributed by atoms with Crippen molar-refractivity contribution in [1.82, 2.24) is 0 Å². The van der Waals surface area contributed by atoms with Crippen LogP contribution in [0.4, 0.5) is 0 Å². The molecule has 1 atom stereocenters. The minimum absolute atomic E-state index is 0.432. The lowest BCUT2D eigenvalue weighted by molar-refractivity contribution is 0.219. The van der Waals surface area contributed by atoms with Gasteiger partial charge in [0.25, 0.3) is 0 Å². The average Bonchev–Trinajstić information content (AvgIpc) is 2.28.